The van der Waals surface area contributed by atoms with Crippen LogP contribution < -0.4 is 10.6 Å². The third kappa shape index (κ3) is 5.08. The van der Waals surface area contributed by atoms with Gasteiger partial charge in [0, 0.05) is 54.3 Å². The Bertz CT molecular complexity index is 1260. The molecule has 2 heterocycles. The summed E-state index contributed by atoms with van der Waals surface area (Å²) in [5.41, 5.74) is 4.93. The molecule has 7 heteroatoms. The summed E-state index contributed by atoms with van der Waals surface area (Å²) in [6, 6.07) is 17.8. The van der Waals surface area contributed by atoms with E-state index in [-0.39, 0.29) is 5.91 Å². The first-order valence-corrected chi connectivity index (χ1v) is 9.92. The Morgan fingerprint density at radius 3 is 2.71 bits per heavy atom. The van der Waals surface area contributed by atoms with E-state index in [1.807, 2.05) is 49.4 Å². The lowest BCUT2D eigenvalue weighted by Gasteiger charge is -2.09. The van der Waals surface area contributed by atoms with Gasteiger partial charge in [-0.15, -0.1) is 0 Å². The summed E-state index contributed by atoms with van der Waals surface area (Å²) in [6.45, 7) is 2.04. The van der Waals surface area contributed by atoms with Crippen molar-refractivity contribution in [2.75, 3.05) is 24.7 Å². The molecule has 0 spiro atoms. The number of nitrogens with one attached hydrogen (secondary N) is 3. The van der Waals surface area contributed by atoms with Gasteiger partial charge in [-0.2, -0.15) is 4.98 Å². The largest absolute Gasteiger partial charge is 0.359 e. The third-order valence-electron chi connectivity index (χ3n) is 4.69. The highest BCUT2D eigenvalue weighted by atomic mass is 16.2. The van der Waals surface area contributed by atoms with Crippen molar-refractivity contribution >= 4 is 46.0 Å². The maximum atomic E-state index is 11.7. The molecule has 0 fully saturated rings. The number of aromatic amines is 1. The Labute approximate surface area is 180 Å². The average Bonchev–Trinajstić information content (AvgIpc) is 3.12. The molecule has 0 unspecified atom stereocenters. The van der Waals surface area contributed by atoms with Gasteiger partial charge in [-0.3, -0.25) is 4.79 Å². The van der Waals surface area contributed by atoms with Crippen LogP contribution in [0.1, 0.15) is 11.3 Å². The normalized spacial score (nSPS) is 11.1. The van der Waals surface area contributed by atoms with E-state index in [0.29, 0.717) is 11.8 Å². The van der Waals surface area contributed by atoms with Gasteiger partial charge in [0.2, 0.25) is 11.9 Å². The molecule has 31 heavy (non-hydrogen) atoms. The van der Waals surface area contributed by atoms with E-state index in [4.69, 9.17) is 0 Å². The van der Waals surface area contributed by atoms with E-state index in [1.165, 1.54) is 4.90 Å². The Morgan fingerprint density at radius 1 is 1.03 bits per heavy atom. The topological polar surface area (TPSA) is 85.9 Å². The van der Waals surface area contributed by atoms with Gasteiger partial charge in [-0.05, 0) is 61.0 Å². The molecule has 4 rings (SSSR count). The van der Waals surface area contributed by atoms with Crippen LogP contribution in [0.25, 0.3) is 17.0 Å². The van der Waals surface area contributed by atoms with E-state index in [9.17, 15) is 4.79 Å². The summed E-state index contributed by atoms with van der Waals surface area (Å²) >= 11 is 0. The first-order valence-electron chi connectivity index (χ1n) is 9.92. The molecule has 0 saturated carbocycles. The van der Waals surface area contributed by atoms with Crippen LogP contribution in [0, 0.1) is 6.92 Å². The molecule has 156 valence electrons. The van der Waals surface area contributed by atoms with Gasteiger partial charge in [0.15, 0.2) is 0 Å². The quantitative estimate of drug-likeness (QED) is 0.394. The number of benzene rings is 2. The zero-order chi connectivity index (χ0) is 21.8. The smallest absolute Gasteiger partial charge is 0.246 e. The van der Waals surface area contributed by atoms with Crippen LogP contribution in [0.3, 0.4) is 0 Å². The minimum Gasteiger partial charge on any atom is -0.359 e. The summed E-state index contributed by atoms with van der Waals surface area (Å²) in [6.07, 6.45) is 5.03. The number of amides is 1. The molecule has 0 atom stereocenters. The molecule has 0 bridgehead atoms. The molecule has 0 radical (unpaired) electrons. The number of fused-ring (bicyclic) bond motifs is 1. The number of carbonyl (C=O) groups is 1. The van der Waals surface area contributed by atoms with Gasteiger partial charge in [0.25, 0.3) is 0 Å². The lowest BCUT2D eigenvalue weighted by atomic mass is 10.2. The zero-order valence-corrected chi connectivity index (χ0v) is 17.7. The third-order valence-corrected chi connectivity index (χ3v) is 4.69. The van der Waals surface area contributed by atoms with Crippen LogP contribution in [-0.2, 0) is 4.79 Å². The molecule has 3 N–H and O–H groups in total. The predicted octanol–water partition coefficient (Wildman–Crippen LogP) is 4.85. The number of carbonyl (C=O) groups excluding carboxylic acids is 1. The minimum atomic E-state index is -0.0616. The number of hydrogen-bond acceptors (Lipinski definition) is 5. The van der Waals surface area contributed by atoms with Crippen LogP contribution in [0.5, 0.6) is 0 Å². The molecular formula is C24H24N6O. The monoisotopic (exact) mass is 412 g/mol. The molecule has 1 amide bonds. The number of H-pyrrole nitrogens is 1. The first kappa shape index (κ1) is 20.2. The maximum absolute atomic E-state index is 11.7. The van der Waals surface area contributed by atoms with Crippen molar-refractivity contribution in [3.05, 3.63) is 78.1 Å². The number of hydrogen-bond donors (Lipinski definition) is 3. The van der Waals surface area contributed by atoms with Gasteiger partial charge in [-0.25, -0.2) is 4.98 Å². The van der Waals surface area contributed by atoms with Crippen molar-refractivity contribution in [2.45, 2.75) is 6.92 Å². The Balaban J connectivity index is 1.48. The molecule has 4 aromatic rings. The average molecular weight is 412 g/mol. The molecule has 0 saturated heterocycles. The van der Waals surface area contributed by atoms with Gasteiger partial charge < -0.3 is 20.5 Å². The second kappa shape index (κ2) is 8.71. The SMILES string of the molecule is Cc1cc2cc(Nc3ccnc(Nc4cccc(/C=C/C(=O)N(C)C)c4)n3)ccc2[nH]1. The van der Waals surface area contributed by atoms with Gasteiger partial charge in [-0.1, -0.05) is 12.1 Å². The highest BCUT2D eigenvalue weighted by Gasteiger charge is 2.04. The van der Waals surface area contributed by atoms with Gasteiger partial charge >= 0.3 is 0 Å². The molecule has 0 aliphatic carbocycles. The Kier molecular flexibility index (Phi) is 5.66. The Morgan fingerprint density at radius 2 is 1.87 bits per heavy atom. The molecule has 7 nitrogen and oxygen atoms in total. The van der Waals surface area contributed by atoms with Crippen molar-refractivity contribution < 1.29 is 4.79 Å². The Hall–Kier alpha value is -4.13. The predicted molar refractivity (Wildman–Crippen MR) is 126 cm³/mol. The van der Waals surface area contributed by atoms with E-state index in [1.54, 1.807) is 32.4 Å². The van der Waals surface area contributed by atoms with Gasteiger partial charge in [0.05, 0.1) is 0 Å². The van der Waals surface area contributed by atoms with Gasteiger partial charge in [0.1, 0.15) is 5.82 Å². The second-order valence-corrected chi connectivity index (χ2v) is 7.46. The fraction of sp³-hybridized carbons (Fsp3) is 0.125. The number of rotatable bonds is 6. The summed E-state index contributed by atoms with van der Waals surface area (Å²) in [5.74, 6) is 1.11. The summed E-state index contributed by atoms with van der Waals surface area (Å²) in [5, 5.41) is 7.69. The highest BCUT2D eigenvalue weighted by molar-refractivity contribution is 5.91. The van der Waals surface area contributed by atoms with Crippen molar-refractivity contribution in [2.24, 2.45) is 0 Å². The second-order valence-electron chi connectivity index (χ2n) is 7.46. The van der Waals surface area contributed by atoms with Crippen molar-refractivity contribution in [3.63, 3.8) is 0 Å². The number of aromatic nitrogens is 3. The lowest BCUT2D eigenvalue weighted by molar-refractivity contribution is -0.123. The van der Waals surface area contributed by atoms with E-state index >= 15 is 0 Å². The number of anilines is 4. The molecule has 2 aromatic carbocycles. The fourth-order valence-electron chi connectivity index (χ4n) is 3.16. The van der Waals surface area contributed by atoms with Crippen LogP contribution in [-0.4, -0.2) is 39.9 Å². The molecule has 0 aliphatic rings. The van der Waals surface area contributed by atoms with E-state index in [0.717, 1.165) is 33.5 Å². The van der Waals surface area contributed by atoms with Crippen molar-refractivity contribution in [1.82, 2.24) is 19.9 Å². The van der Waals surface area contributed by atoms with Crippen LogP contribution >= 0.6 is 0 Å². The number of aryl methyl sites for hydroxylation is 1. The van der Waals surface area contributed by atoms with Crippen LogP contribution in [0.15, 0.2) is 66.9 Å². The molecular weight excluding hydrogens is 388 g/mol. The van der Waals surface area contributed by atoms with E-state index < -0.39 is 0 Å². The number of likely N-dealkylation sites (N-methyl/N-ethyl adjacent to an activating group) is 1. The summed E-state index contributed by atoms with van der Waals surface area (Å²) in [7, 11) is 3.45. The fourth-order valence-corrected chi connectivity index (χ4v) is 3.16. The van der Waals surface area contributed by atoms with Crippen LogP contribution in [0.4, 0.5) is 23.1 Å². The standard InChI is InChI=1S/C24H24N6O/c1-16-13-18-15-20(8-9-21(18)26-16)27-22-11-12-25-24(29-22)28-19-6-4-5-17(14-19)7-10-23(31)30(2)3/h4-15,26H,1-3H3,(H2,25,27,28,29)/b10-7+. The zero-order valence-electron chi connectivity index (χ0n) is 17.7. The highest BCUT2D eigenvalue weighted by Crippen LogP contribution is 2.23. The minimum absolute atomic E-state index is 0.0616. The number of nitrogens with zero attached hydrogens (tertiary/aromatic N) is 3. The summed E-state index contributed by atoms with van der Waals surface area (Å²) < 4.78 is 0. The van der Waals surface area contributed by atoms with Crippen molar-refractivity contribution in [3.8, 4) is 0 Å². The summed E-state index contributed by atoms with van der Waals surface area (Å²) in [4.78, 5) is 25.5. The molecule has 0 aliphatic heterocycles. The maximum Gasteiger partial charge on any atom is 0.246 e. The molecule has 2 aromatic heterocycles. The lowest BCUT2D eigenvalue weighted by Crippen LogP contribution is -2.18. The van der Waals surface area contributed by atoms with Crippen LogP contribution in [0.2, 0.25) is 0 Å². The van der Waals surface area contributed by atoms with E-state index in [2.05, 4.69) is 37.7 Å². The first-order chi connectivity index (χ1) is 15.0. The van der Waals surface area contributed by atoms with Crippen molar-refractivity contribution in [1.29, 1.82) is 0 Å².